The fraction of sp³-hybridized carbons (Fsp3) is 0.500. The molecule has 114 valence electrons. The summed E-state index contributed by atoms with van der Waals surface area (Å²) in [6, 6.07) is 2.10. The van der Waals surface area contributed by atoms with Crippen molar-refractivity contribution >= 4 is 23.2 Å². The predicted molar refractivity (Wildman–Crippen MR) is 69.7 cm³/mol. The molecule has 1 atom stereocenters. The first kappa shape index (κ1) is 17.5. The zero-order valence-corrected chi connectivity index (χ0v) is 12.0. The summed E-state index contributed by atoms with van der Waals surface area (Å²) in [5, 5.41) is 3.05. The molecule has 2 nitrogen and oxygen atoms in total. The fourth-order valence-electron chi connectivity index (χ4n) is 1.58. The predicted octanol–water partition coefficient (Wildman–Crippen LogP) is 4.36. The second kappa shape index (κ2) is 7.45. The Kier molecular flexibility index (Phi) is 6.51. The van der Waals surface area contributed by atoms with Gasteiger partial charge < -0.3 is 10.1 Å². The summed E-state index contributed by atoms with van der Waals surface area (Å²) in [5.41, 5.74) is 0.365. The van der Waals surface area contributed by atoms with Crippen LogP contribution in [0.25, 0.3) is 0 Å². The van der Waals surface area contributed by atoms with E-state index in [1.807, 2.05) is 0 Å². The molecule has 0 aliphatic rings. The highest BCUT2D eigenvalue weighted by Gasteiger charge is 2.27. The van der Waals surface area contributed by atoms with E-state index in [4.69, 9.17) is 23.2 Å². The van der Waals surface area contributed by atoms with Crippen molar-refractivity contribution in [1.29, 1.82) is 0 Å². The summed E-state index contributed by atoms with van der Waals surface area (Å²) in [4.78, 5) is 0. The summed E-state index contributed by atoms with van der Waals surface area (Å²) < 4.78 is 53.3. The number of nitrogens with one attached hydrogen (secondary N) is 1. The minimum atomic E-state index is -4.35. The molecule has 0 aliphatic carbocycles. The minimum Gasteiger partial charge on any atom is -0.371 e. The number of hydrogen-bond acceptors (Lipinski definition) is 2. The quantitative estimate of drug-likeness (QED) is 0.474. The third-order valence-electron chi connectivity index (χ3n) is 2.48. The van der Waals surface area contributed by atoms with Gasteiger partial charge in [-0.3, -0.25) is 0 Å². The van der Waals surface area contributed by atoms with Crippen LogP contribution in [0.4, 0.5) is 17.6 Å². The lowest BCUT2D eigenvalue weighted by Gasteiger charge is -2.17. The van der Waals surface area contributed by atoms with Crippen molar-refractivity contribution in [3.63, 3.8) is 0 Å². The molecule has 0 fully saturated rings. The first-order valence-corrected chi connectivity index (χ1v) is 6.49. The normalized spacial score (nSPS) is 13.6. The number of ether oxygens (including phenoxy) is 1. The molecular formula is C12H13Cl2F4NO. The Labute approximate surface area is 124 Å². The smallest absolute Gasteiger partial charge is 0.371 e. The van der Waals surface area contributed by atoms with Crippen molar-refractivity contribution in [2.75, 3.05) is 19.8 Å². The molecule has 1 N–H and O–H groups in total. The van der Waals surface area contributed by atoms with Crippen molar-refractivity contribution in [3.8, 4) is 0 Å². The summed E-state index contributed by atoms with van der Waals surface area (Å²) in [6.45, 7) is 0.398. The number of benzene rings is 1. The van der Waals surface area contributed by atoms with Gasteiger partial charge in [0.05, 0.1) is 11.6 Å². The van der Waals surface area contributed by atoms with Crippen LogP contribution in [-0.4, -0.2) is 25.9 Å². The lowest BCUT2D eigenvalue weighted by atomic mass is 10.1. The molecule has 0 saturated carbocycles. The van der Waals surface area contributed by atoms with Gasteiger partial charge in [0.1, 0.15) is 12.4 Å². The van der Waals surface area contributed by atoms with Gasteiger partial charge in [0.2, 0.25) is 0 Å². The molecular weight excluding hydrogens is 321 g/mol. The Hall–Kier alpha value is -0.560. The zero-order valence-electron chi connectivity index (χ0n) is 10.5. The first-order chi connectivity index (χ1) is 9.22. The average molecular weight is 334 g/mol. The summed E-state index contributed by atoms with van der Waals surface area (Å²) in [6.07, 6.45) is -4.35. The van der Waals surface area contributed by atoms with Crippen LogP contribution in [0.2, 0.25) is 10.0 Å². The molecule has 20 heavy (non-hydrogen) atoms. The SMILES string of the molecule is CC(NCCOCC(F)(F)F)c1c(Cl)ccc(F)c1Cl. The number of alkyl halides is 3. The van der Waals surface area contributed by atoms with Crippen LogP contribution in [0, 0.1) is 5.82 Å². The topological polar surface area (TPSA) is 21.3 Å². The van der Waals surface area contributed by atoms with E-state index >= 15 is 0 Å². The number of rotatable bonds is 6. The van der Waals surface area contributed by atoms with Gasteiger partial charge in [0, 0.05) is 23.2 Å². The highest BCUT2D eigenvalue weighted by atomic mass is 35.5. The monoisotopic (exact) mass is 333 g/mol. The Morgan fingerprint density at radius 3 is 2.55 bits per heavy atom. The molecule has 1 aromatic rings. The average Bonchev–Trinajstić information content (AvgIpc) is 2.32. The molecule has 0 aliphatic heterocycles. The van der Waals surface area contributed by atoms with E-state index in [0.29, 0.717) is 5.56 Å². The van der Waals surface area contributed by atoms with Crippen LogP contribution in [0.1, 0.15) is 18.5 Å². The number of hydrogen-bond donors (Lipinski definition) is 1. The third-order valence-corrected chi connectivity index (χ3v) is 3.19. The van der Waals surface area contributed by atoms with Gasteiger partial charge in [0.25, 0.3) is 0 Å². The maximum Gasteiger partial charge on any atom is 0.411 e. The van der Waals surface area contributed by atoms with Gasteiger partial charge in [0.15, 0.2) is 0 Å². The van der Waals surface area contributed by atoms with E-state index in [2.05, 4.69) is 10.1 Å². The van der Waals surface area contributed by atoms with E-state index in [1.54, 1.807) is 6.92 Å². The summed E-state index contributed by atoms with van der Waals surface area (Å²) in [5.74, 6) is -0.604. The largest absolute Gasteiger partial charge is 0.411 e. The van der Waals surface area contributed by atoms with Crippen molar-refractivity contribution in [2.45, 2.75) is 19.1 Å². The standard InChI is InChI=1S/C12H13Cl2F4NO/c1-7(19-4-5-20-6-12(16,17)18)10-8(13)2-3-9(15)11(10)14/h2-3,7,19H,4-6H2,1H3. The molecule has 0 amide bonds. The van der Waals surface area contributed by atoms with Crippen LogP contribution in [0.3, 0.4) is 0 Å². The Balaban J connectivity index is 2.48. The second-order valence-electron chi connectivity index (χ2n) is 4.10. The molecule has 0 saturated heterocycles. The van der Waals surface area contributed by atoms with E-state index in [0.717, 1.165) is 6.07 Å². The van der Waals surface area contributed by atoms with E-state index in [-0.39, 0.29) is 23.2 Å². The van der Waals surface area contributed by atoms with Gasteiger partial charge in [-0.1, -0.05) is 23.2 Å². The molecule has 0 heterocycles. The fourth-order valence-corrected chi connectivity index (χ4v) is 2.28. The third kappa shape index (κ3) is 5.44. The molecule has 0 bridgehead atoms. The van der Waals surface area contributed by atoms with Gasteiger partial charge >= 0.3 is 6.18 Å². The lowest BCUT2D eigenvalue weighted by Crippen LogP contribution is -2.26. The Morgan fingerprint density at radius 2 is 1.95 bits per heavy atom. The van der Waals surface area contributed by atoms with Crippen molar-refractivity contribution in [1.82, 2.24) is 5.32 Å². The van der Waals surface area contributed by atoms with E-state index < -0.39 is 24.6 Å². The zero-order chi connectivity index (χ0) is 15.3. The Bertz CT molecular complexity index is 454. The molecule has 1 rings (SSSR count). The van der Waals surface area contributed by atoms with Crippen LogP contribution in [0.5, 0.6) is 0 Å². The highest BCUT2D eigenvalue weighted by Crippen LogP contribution is 2.32. The van der Waals surface area contributed by atoms with Gasteiger partial charge in [-0.05, 0) is 19.1 Å². The first-order valence-electron chi connectivity index (χ1n) is 5.73. The molecule has 0 radical (unpaired) electrons. The van der Waals surface area contributed by atoms with Crippen LogP contribution in [0.15, 0.2) is 12.1 Å². The highest BCUT2D eigenvalue weighted by molar-refractivity contribution is 6.36. The number of halogens is 6. The molecule has 1 unspecified atom stereocenters. The molecule has 0 aromatic heterocycles. The van der Waals surface area contributed by atoms with Crippen molar-refractivity contribution in [3.05, 3.63) is 33.6 Å². The van der Waals surface area contributed by atoms with Crippen LogP contribution >= 0.6 is 23.2 Å². The van der Waals surface area contributed by atoms with E-state index in [1.165, 1.54) is 6.07 Å². The van der Waals surface area contributed by atoms with E-state index in [9.17, 15) is 17.6 Å². The summed E-state index contributed by atoms with van der Waals surface area (Å²) >= 11 is 11.7. The van der Waals surface area contributed by atoms with Gasteiger partial charge in [-0.15, -0.1) is 0 Å². The molecule has 8 heteroatoms. The van der Waals surface area contributed by atoms with Crippen LogP contribution < -0.4 is 5.32 Å². The van der Waals surface area contributed by atoms with Crippen molar-refractivity contribution < 1.29 is 22.3 Å². The summed E-state index contributed by atoms with van der Waals surface area (Å²) in [7, 11) is 0. The van der Waals surface area contributed by atoms with Gasteiger partial charge in [-0.2, -0.15) is 13.2 Å². The lowest BCUT2D eigenvalue weighted by molar-refractivity contribution is -0.173. The minimum absolute atomic E-state index is 0.103. The second-order valence-corrected chi connectivity index (χ2v) is 4.89. The maximum absolute atomic E-state index is 13.3. The molecule has 0 spiro atoms. The van der Waals surface area contributed by atoms with Crippen molar-refractivity contribution in [2.24, 2.45) is 0 Å². The molecule has 1 aromatic carbocycles. The van der Waals surface area contributed by atoms with Crippen LogP contribution in [-0.2, 0) is 4.74 Å². The Morgan fingerprint density at radius 1 is 1.30 bits per heavy atom. The maximum atomic E-state index is 13.3. The van der Waals surface area contributed by atoms with Gasteiger partial charge in [-0.25, -0.2) is 4.39 Å².